The minimum absolute atomic E-state index is 0. The van der Waals surface area contributed by atoms with E-state index in [1.54, 1.807) is 0 Å². The second kappa shape index (κ2) is 10.2. The molecule has 26 heavy (non-hydrogen) atoms. The molecule has 0 radical (unpaired) electrons. The highest BCUT2D eigenvalue weighted by Crippen LogP contribution is 2.33. The van der Waals surface area contributed by atoms with Crippen molar-refractivity contribution in [2.24, 2.45) is 12.0 Å². The molecule has 0 aromatic carbocycles. The van der Waals surface area contributed by atoms with E-state index in [-0.39, 0.29) is 29.5 Å². The summed E-state index contributed by atoms with van der Waals surface area (Å²) in [5, 5.41) is 3.65. The van der Waals surface area contributed by atoms with Crippen LogP contribution in [0, 0.1) is 0 Å². The van der Waals surface area contributed by atoms with Gasteiger partial charge in [-0.15, -0.1) is 24.0 Å². The maximum Gasteiger partial charge on any atom is 0.193 e. The van der Waals surface area contributed by atoms with Crippen LogP contribution in [0.4, 0.5) is 0 Å². The van der Waals surface area contributed by atoms with E-state index in [1.807, 2.05) is 7.05 Å². The number of aryl methyl sites for hydroxylation is 1. The Balaban J connectivity index is 0.00000243. The highest BCUT2D eigenvalue weighted by atomic mass is 127. The summed E-state index contributed by atoms with van der Waals surface area (Å²) in [6.45, 7) is 5.59. The number of aliphatic imine (C=N–C) groups is 1. The molecule has 1 aromatic heterocycles. The predicted octanol–water partition coefficient (Wildman–Crippen LogP) is 1.86. The van der Waals surface area contributed by atoms with Crippen LogP contribution in [-0.2, 0) is 18.3 Å². The smallest absolute Gasteiger partial charge is 0.193 e. The van der Waals surface area contributed by atoms with Crippen molar-refractivity contribution >= 4 is 41.7 Å². The summed E-state index contributed by atoms with van der Waals surface area (Å²) in [6, 6.07) is 4.25. The van der Waals surface area contributed by atoms with E-state index < -0.39 is 0 Å². The highest BCUT2D eigenvalue weighted by Gasteiger charge is 2.40. The number of thioether (sulfide) groups is 1. The van der Waals surface area contributed by atoms with Crippen molar-refractivity contribution in [3.05, 3.63) is 24.0 Å². The zero-order chi connectivity index (χ0) is 17.7. The number of guanidine groups is 1. The summed E-state index contributed by atoms with van der Waals surface area (Å²) < 4.78 is 7.72. The topological polar surface area (TPSA) is 45.0 Å². The Morgan fingerprint density at radius 2 is 2.19 bits per heavy atom. The molecule has 3 heterocycles. The van der Waals surface area contributed by atoms with E-state index in [4.69, 9.17) is 4.74 Å². The third-order valence-corrected chi connectivity index (χ3v) is 6.60. The molecule has 0 saturated carbocycles. The number of morpholine rings is 1. The first-order valence-corrected chi connectivity index (χ1v) is 10.2. The van der Waals surface area contributed by atoms with Gasteiger partial charge >= 0.3 is 0 Å². The van der Waals surface area contributed by atoms with Crippen LogP contribution in [-0.4, -0.2) is 84.3 Å². The number of hydrogen-bond donors (Lipinski definition) is 1. The summed E-state index contributed by atoms with van der Waals surface area (Å²) in [7, 11) is 6.06. The molecule has 0 amide bonds. The average Bonchev–Trinajstić information content (AvgIpc) is 3.27. The van der Waals surface area contributed by atoms with Crippen molar-refractivity contribution in [1.82, 2.24) is 19.7 Å². The van der Waals surface area contributed by atoms with Crippen molar-refractivity contribution in [2.45, 2.75) is 18.5 Å². The lowest BCUT2D eigenvalue weighted by atomic mass is 9.95. The van der Waals surface area contributed by atoms with Gasteiger partial charge in [0.15, 0.2) is 5.96 Å². The molecule has 8 heteroatoms. The number of rotatable bonds is 5. The molecule has 2 aliphatic heterocycles. The van der Waals surface area contributed by atoms with E-state index in [0.717, 1.165) is 45.4 Å². The molecule has 148 valence electrons. The van der Waals surface area contributed by atoms with E-state index in [0.29, 0.717) is 0 Å². The predicted molar refractivity (Wildman–Crippen MR) is 121 cm³/mol. The van der Waals surface area contributed by atoms with Crippen LogP contribution >= 0.6 is 35.7 Å². The summed E-state index contributed by atoms with van der Waals surface area (Å²) in [6.07, 6.45) is 3.33. The van der Waals surface area contributed by atoms with E-state index in [1.165, 1.54) is 23.6 Å². The van der Waals surface area contributed by atoms with Crippen LogP contribution in [0.5, 0.6) is 0 Å². The minimum Gasteiger partial charge on any atom is -0.379 e. The fourth-order valence-electron chi connectivity index (χ4n) is 3.74. The third kappa shape index (κ3) is 5.08. The van der Waals surface area contributed by atoms with Gasteiger partial charge in [0.2, 0.25) is 0 Å². The van der Waals surface area contributed by atoms with Crippen LogP contribution in [0.1, 0.15) is 12.1 Å². The molecule has 6 nitrogen and oxygen atoms in total. The fourth-order valence-corrected chi connectivity index (χ4v) is 5.22. The quantitative estimate of drug-likeness (QED) is 0.386. The van der Waals surface area contributed by atoms with Crippen molar-refractivity contribution in [3.8, 4) is 0 Å². The molecule has 3 rings (SSSR count). The zero-order valence-electron chi connectivity index (χ0n) is 16.1. The third-order valence-electron chi connectivity index (χ3n) is 5.36. The fraction of sp³-hybridized carbons (Fsp3) is 0.722. The number of nitrogens with zero attached hydrogens (tertiary/aromatic N) is 4. The maximum absolute atomic E-state index is 5.56. The Kier molecular flexibility index (Phi) is 8.56. The molecule has 0 spiro atoms. The summed E-state index contributed by atoms with van der Waals surface area (Å²) in [4.78, 5) is 9.34. The Labute approximate surface area is 178 Å². The first-order valence-electron chi connectivity index (χ1n) is 9.07. The summed E-state index contributed by atoms with van der Waals surface area (Å²) >= 11 is 2.07. The van der Waals surface area contributed by atoms with Gasteiger partial charge in [0, 0.05) is 64.0 Å². The molecule has 0 aliphatic carbocycles. The zero-order valence-corrected chi connectivity index (χ0v) is 19.3. The largest absolute Gasteiger partial charge is 0.379 e. The lowest BCUT2D eigenvalue weighted by Crippen LogP contribution is -2.60. The molecule has 1 N–H and O–H groups in total. The number of ether oxygens (including phenoxy) is 1. The van der Waals surface area contributed by atoms with Crippen molar-refractivity contribution in [1.29, 1.82) is 0 Å². The second-order valence-electron chi connectivity index (χ2n) is 6.99. The van der Waals surface area contributed by atoms with Gasteiger partial charge in [0.05, 0.1) is 19.8 Å². The molecular weight excluding hydrogens is 461 g/mol. The Hall–Kier alpha value is -0.450. The van der Waals surface area contributed by atoms with E-state index in [2.05, 4.69) is 68.9 Å². The van der Waals surface area contributed by atoms with Crippen molar-refractivity contribution in [2.75, 3.05) is 58.4 Å². The van der Waals surface area contributed by atoms with E-state index >= 15 is 0 Å². The maximum atomic E-state index is 5.56. The summed E-state index contributed by atoms with van der Waals surface area (Å²) in [5.41, 5.74) is 1.51. The number of aromatic nitrogens is 1. The molecule has 2 saturated heterocycles. The molecule has 1 aromatic rings. The molecule has 1 atom stereocenters. The molecule has 2 fully saturated rings. The van der Waals surface area contributed by atoms with Gasteiger partial charge in [-0.3, -0.25) is 9.89 Å². The van der Waals surface area contributed by atoms with Gasteiger partial charge in [-0.05, 0) is 24.3 Å². The van der Waals surface area contributed by atoms with Gasteiger partial charge in [0.1, 0.15) is 0 Å². The van der Waals surface area contributed by atoms with Crippen LogP contribution in [0.15, 0.2) is 23.3 Å². The number of halogens is 1. The van der Waals surface area contributed by atoms with Gasteiger partial charge in [-0.2, -0.15) is 11.8 Å². The molecule has 0 bridgehead atoms. The normalized spacial score (nSPS) is 24.3. The number of hydrogen-bond acceptors (Lipinski definition) is 4. The van der Waals surface area contributed by atoms with E-state index in [9.17, 15) is 0 Å². The first-order chi connectivity index (χ1) is 12.1. The molecule has 2 aliphatic rings. The Morgan fingerprint density at radius 3 is 2.77 bits per heavy atom. The van der Waals surface area contributed by atoms with Gasteiger partial charge < -0.3 is 19.5 Å². The monoisotopic (exact) mass is 493 g/mol. The van der Waals surface area contributed by atoms with Gasteiger partial charge in [0.25, 0.3) is 0 Å². The summed E-state index contributed by atoms with van der Waals surface area (Å²) in [5.74, 6) is 3.40. The lowest BCUT2D eigenvalue weighted by Gasteiger charge is -2.43. The molecular formula is C18H32IN5OS. The van der Waals surface area contributed by atoms with Gasteiger partial charge in [-0.25, -0.2) is 0 Å². The average molecular weight is 493 g/mol. The standard InChI is InChI=1S/C18H31N5OS.HI/c1-19-17(22(3)13-16-5-4-7-21(16)2)20-14-18(6-12-25-15-18)23-8-10-24-11-9-23;/h4-5,7H,6,8-15H2,1-3H3,(H,19,20);1H. The second-order valence-corrected chi connectivity index (χ2v) is 8.10. The SMILES string of the molecule is CN=C(NCC1(N2CCOCC2)CCSC1)N(C)Cc1cccn1C.I. The van der Waals surface area contributed by atoms with Crippen LogP contribution in [0.2, 0.25) is 0 Å². The Morgan fingerprint density at radius 1 is 1.42 bits per heavy atom. The van der Waals surface area contributed by atoms with Crippen LogP contribution < -0.4 is 5.32 Å². The minimum atomic E-state index is 0. The van der Waals surface area contributed by atoms with Crippen molar-refractivity contribution < 1.29 is 4.74 Å². The van der Waals surface area contributed by atoms with Crippen molar-refractivity contribution in [3.63, 3.8) is 0 Å². The van der Waals surface area contributed by atoms with Crippen LogP contribution in [0.25, 0.3) is 0 Å². The lowest BCUT2D eigenvalue weighted by molar-refractivity contribution is -0.0121. The first kappa shape index (κ1) is 21.8. The Bertz CT molecular complexity index is 582. The van der Waals surface area contributed by atoms with Crippen LogP contribution in [0.3, 0.4) is 0 Å². The molecule has 1 unspecified atom stereocenters. The number of nitrogens with one attached hydrogen (secondary N) is 1. The van der Waals surface area contributed by atoms with Gasteiger partial charge in [-0.1, -0.05) is 0 Å². The highest BCUT2D eigenvalue weighted by molar-refractivity contribution is 14.0.